The number of nitrogens with zero attached hydrogens (tertiary/aromatic N) is 1. The highest BCUT2D eigenvalue weighted by Crippen LogP contribution is 2.33. The van der Waals surface area contributed by atoms with Crippen LogP contribution in [0.3, 0.4) is 0 Å². The van der Waals surface area contributed by atoms with Gasteiger partial charge in [-0.25, -0.2) is 0 Å². The molecule has 1 aromatic rings. The molecule has 5 heteroatoms. The molecule has 0 aromatic heterocycles. The number of piperidine rings is 1. The molecule has 1 aromatic carbocycles. The third-order valence-electron chi connectivity index (χ3n) is 4.35. The van der Waals surface area contributed by atoms with Crippen molar-refractivity contribution in [1.82, 2.24) is 4.90 Å². The lowest BCUT2D eigenvalue weighted by Crippen LogP contribution is -2.54. The van der Waals surface area contributed by atoms with Crippen LogP contribution >= 0.6 is 0 Å². The molecule has 1 aliphatic heterocycles. The van der Waals surface area contributed by atoms with Gasteiger partial charge in [0.25, 0.3) is 0 Å². The predicted molar refractivity (Wildman–Crippen MR) is 79.8 cm³/mol. The van der Waals surface area contributed by atoms with Gasteiger partial charge in [0.2, 0.25) is 0 Å². The Balaban J connectivity index is 2.28. The van der Waals surface area contributed by atoms with Crippen LogP contribution < -0.4 is 9.47 Å². The van der Waals surface area contributed by atoms with E-state index in [9.17, 15) is 9.90 Å². The normalized spacial score (nSPS) is 22.8. The Kier molecular flexibility index (Phi) is 4.73. The molecule has 1 atom stereocenters. The molecule has 2 rings (SSSR count). The zero-order valence-electron chi connectivity index (χ0n) is 12.9. The quantitative estimate of drug-likeness (QED) is 0.904. The molecular weight excluding hydrogens is 270 g/mol. The number of carboxylic acids is 1. The Bertz CT molecular complexity index is 517. The van der Waals surface area contributed by atoms with Crippen LogP contribution in [0, 0.1) is 0 Å². The van der Waals surface area contributed by atoms with Crippen LogP contribution in [0.25, 0.3) is 0 Å². The average Bonchev–Trinajstić information content (AvgIpc) is 2.49. The summed E-state index contributed by atoms with van der Waals surface area (Å²) in [6.07, 6.45) is 2.65. The van der Waals surface area contributed by atoms with Crippen molar-refractivity contribution in [3.63, 3.8) is 0 Å². The largest absolute Gasteiger partial charge is 0.497 e. The van der Waals surface area contributed by atoms with E-state index >= 15 is 0 Å². The average molecular weight is 293 g/mol. The lowest BCUT2D eigenvalue weighted by molar-refractivity contribution is -0.153. The van der Waals surface area contributed by atoms with Crippen molar-refractivity contribution in [1.29, 1.82) is 0 Å². The fraction of sp³-hybridized carbons (Fsp3) is 0.562. The van der Waals surface area contributed by atoms with Gasteiger partial charge in [0.1, 0.15) is 17.0 Å². The van der Waals surface area contributed by atoms with E-state index in [0.717, 1.165) is 36.4 Å². The zero-order valence-corrected chi connectivity index (χ0v) is 12.9. The predicted octanol–water partition coefficient (Wildman–Crippen LogP) is 2.53. The topological polar surface area (TPSA) is 59.0 Å². The number of likely N-dealkylation sites (tertiary alicyclic amines) is 1. The number of rotatable bonds is 5. The van der Waals surface area contributed by atoms with E-state index in [0.29, 0.717) is 13.0 Å². The van der Waals surface area contributed by atoms with Gasteiger partial charge >= 0.3 is 5.97 Å². The molecule has 1 aliphatic rings. The molecule has 0 saturated carbocycles. The van der Waals surface area contributed by atoms with E-state index in [1.165, 1.54) is 0 Å². The van der Waals surface area contributed by atoms with Gasteiger partial charge in [0.05, 0.1) is 14.2 Å². The minimum Gasteiger partial charge on any atom is -0.497 e. The first-order chi connectivity index (χ1) is 10.0. The standard InChI is InChI=1S/C16H23NO4/c1-16(15(18)19)8-4-5-9-17(16)11-12-10-13(20-2)6-7-14(12)21-3/h6-7,10H,4-5,8-9,11H2,1-3H3,(H,18,19). The third-order valence-corrected chi connectivity index (χ3v) is 4.35. The Morgan fingerprint density at radius 3 is 2.71 bits per heavy atom. The molecule has 1 N–H and O–H groups in total. The summed E-state index contributed by atoms with van der Waals surface area (Å²) in [5, 5.41) is 9.58. The smallest absolute Gasteiger partial charge is 0.323 e. The minimum atomic E-state index is -0.813. The highest BCUT2D eigenvalue weighted by atomic mass is 16.5. The molecule has 0 radical (unpaired) electrons. The molecule has 0 bridgehead atoms. The molecule has 0 aliphatic carbocycles. The van der Waals surface area contributed by atoms with Crippen LogP contribution in [0.4, 0.5) is 0 Å². The van der Waals surface area contributed by atoms with Gasteiger partial charge in [0, 0.05) is 12.1 Å². The van der Waals surface area contributed by atoms with E-state index in [1.54, 1.807) is 21.1 Å². The van der Waals surface area contributed by atoms with Crippen LogP contribution in [-0.2, 0) is 11.3 Å². The number of benzene rings is 1. The second-order valence-corrected chi connectivity index (χ2v) is 5.64. The monoisotopic (exact) mass is 293 g/mol. The SMILES string of the molecule is COc1ccc(OC)c(CN2CCCCC2(C)C(=O)O)c1. The second-order valence-electron chi connectivity index (χ2n) is 5.64. The maximum absolute atomic E-state index is 11.7. The Morgan fingerprint density at radius 2 is 2.10 bits per heavy atom. The van der Waals surface area contributed by atoms with Crippen LogP contribution in [0.5, 0.6) is 11.5 Å². The van der Waals surface area contributed by atoms with Crippen molar-refractivity contribution in [3.8, 4) is 11.5 Å². The van der Waals surface area contributed by atoms with Crippen molar-refractivity contribution in [2.75, 3.05) is 20.8 Å². The molecule has 1 saturated heterocycles. The van der Waals surface area contributed by atoms with Gasteiger partial charge in [0.15, 0.2) is 0 Å². The van der Waals surface area contributed by atoms with Crippen LogP contribution in [-0.4, -0.2) is 42.3 Å². The fourth-order valence-corrected chi connectivity index (χ4v) is 2.88. The van der Waals surface area contributed by atoms with Crippen molar-refractivity contribution in [3.05, 3.63) is 23.8 Å². The summed E-state index contributed by atoms with van der Waals surface area (Å²) in [7, 11) is 3.24. The lowest BCUT2D eigenvalue weighted by Gasteiger charge is -2.41. The summed E-state index contributed by atoms with van der Waals surface area (Å²) in [5.74, 6) is 0.748. The molecule has 1 heterocycles. The summed E-state index contributed by atoms with van der Waals surface area (Å²) < 4.78 is 10.6. The Labute approximate surface area is 125 Å². The third kappa shape index (κ3) is 3.13. The van der Waals surface area contributed by atoms with E-state index in [4.69, 9.17) is 9.47 Å². The van der Waals surface area contributed by atoms with Crippen molar-refractivity contribution in [2.45, 2.75) is 38.3 Å². The highest BCUT2D eigenvalue weighted by Gasteiger charge is 2.41. The summed E-state index contributed by atoms with van der Waals surface area (Å²) in [6.45, 7) is 3.13. The number of hydrogen-bond acceptors (Lipinski definition) is 4. The van der Waals surface area contributed by atoms with Crippen molar-refractivity contribution in [2.24, 2.45) is 0 Å². The van der Waals surface area contributed by atoms with E-state index in [-0.39, 0.29) is 0 Å². The first-order valence-electron chi connectivity index (χ1n) is 7.20. The molecular formula is C16H23NO4. The molecule has 0 spiro atoms. The summed E-state index contributed by atoms with van der Waals surface area (Å²) in [6, 6.07) is 5.61. The van der Waals surface area contributed by atoms with E-state index in [1.807, 2.05) is 23.1 Å². The number of methoxy groups -OCH3 is 2. The summed E-state index contributed by atoms with van der Waals surface area (Å²) >= 11 is 0. The zero-order chi connectivity index (χ0) is 15.5. The summed E-state index contributed by atoms with van der Waals surface area (Å²) in [4.78, 5) is 13.7. The fourth-order valence-electron chi connectivity index (χ4n) is 2.88. The number of carbonyl (C=O) groups is 1. The number of carboxylic acid groups (broad SMARTS) is 1. The van der Waals surface area contributed by atoms with Crippen LogP contribution in [0.15, 0.2) is 18.2 Å². The first-order valence-corrected chi connectivity index (χ1v) is 7.20. The maximum Gasteiger partial charge on any atom is 0.323 e. The van der Waals surface area contributed by atoms with Gasteiger partial charge in [-0.1, -0.05) is 0 Å². The van der Waals surface area contributed by atoms with Gasteiger partial charge in [-0.05, 0) is 50.9 Å². The van der Waals surface area contributed by atoms with Crippen molar-refractivity contribution < 1.29 is 19.4 Å². The van der Waals surface area contributed by atoms with Crippen LogP contribution in [0.1, 0.15) is 31.7 Å². The van der Waals surface area contributed by atoms with Crippen molar-refractivity contribution >= 4 is 5.97 Å². The van der Waals surface area contributed by atoms with E-state index < -0.39 is 11.5 Å². The number of hydrogen-bond donors (Lipinski definition) is 1. The second kappa shape index (κ2) is 6.35. The molecule has 1 unspecified atom stereocenters. The number of ether oxygens (including phenoxy) is 2. The lowest BCUT2D eigenvalue weighted by atomic mass is 9.88. The van der Waals surface area contributed by atoms with Gasteiger partial charge < -0.3 is 14.6 Å². The molecule has 0 amide bonds. The van der Waals surface area contributed by atoms with Crippen LogP contribution in [0.2, 0.25) is 0 Å². The highest BCUT2D eigenvalue weighted by molar-refractivity contribution is 5.78. The van der Waals surface area contributed by atoms with Gasteiger partial charge in [-0.3, -0.25) is 9.69 Å². The Morgan fingerprint density at radius 1 is 1.33 bits per heavy atom. The van der Waals surface area contributed by atoms with Gasteiger partial charge in [-0.2, -0.15) is 0 Å². The first kappa shape index (κ1) is 15.6. The number of aliphatic carboxylic acids is 1. The minimum absolute atomic E-state index is 0.545. The van der Waals surface area contributed by atoms with E-state index in [2.05, 4.69) is 0 Å². The molecule has 116 valence electrons. The van der Waals surface area contributed by atoms with Gasteiger partial charge in [-0.15, -0.1) is 0 Å². The molecule has 21 heavy (non-hydrogen) atoms. The molecule has 1 fully saturated rings. The summed E-state index contributed by atoms with van der Waals surface area (Å²) in [5.41, 5.74) is 0.137. The maximum atomic E-state index is 11.7. The molecule has 5 nitrogen and oxygen atoms in total. The Hall–Kier alpha value is -1.75.